The van der Waals surface area contributed by atoms with Crippen molar-refractivity contribution in [2.45, 2.75) is 13.3 Å². The highest BCUT2D eigenvalue weighted by atomic mass is 16.5. The average molecular weight is 359 g/mol. The summed E-state index contributed by atoms with van der Waals surface area (Å²) >= 11 is 0. The topological polar surface area (TPSA) is 54.5 Å². The van der Waals surface area contributed by atoms with Crippen LogP contribution in [0.15, 0.2) is 66.9 Å². The number of amides is 1. The summed E-state index contributed by atoms with van der Waals surface area (Å²) in [7, 11) is 0. The lowest BCUT2D eigenvalue weighted by Gasteiger charge is -2.20. The number of hydrogen-bond acceptors (Lipinski definition) is 4. The van der Waals surface area contributed by atoms with Gasteiger partial charge >= 0.3 is 0 Å². The molecule has 0 unspecified atom stereocenters. The van der Waals surface area contributed by atoms with E-state index in [-0.39, 0.29) is 5.91 Å². The van der Waals surface area contributed by atoms with Gasteiger partial charge in [0.05, 0.1) is 12.3 Å². The molecule has 0 radical (unpaired) electrons. The first-order valence-corrected chi connectivity index (χ1v) is 9.11. The normalized spacial score (nSPS) is 12.6. The van der Waals surface area contributed by atoms with Crippen molar-refractivity contribution in [1.82, 2.24) is 4.98 Å². The maximum absolute atomic E-state index is 12.7. The van der Waals surface area contributed by atoms with E-state index in [2.05, 4.69) is 33.4 Å². The van der Waals surface area contributed by atoms with E-state index in [4.69, 9.17) is 4.74 Å². The molecule has 1 aliphatic rings. The smallest absolute Gasteiger partial charge is 0.274 e. The minimum atomic E-state index is -0.253. The van der Waals surface area contributed by atoms with Gasteiger partial charge in [-0.3, -0.25) is 9.78 Å². The Morgan fingerprint density at radius 2 is 1.96 bits per heavy atom. The third-order valence-corrected chi connectivity index (χ3v) is 4.61. The van der Waals surface area contributed by atoms with Crippen molar-refractivity contribution < 1.29 is 9.53 Å². The molecule has 4 rings (SSSR count). The first-order chi connectivity index (χ1) is 13.3. The molecule has 1 aromatic heterocycles. The van der Waals surface area contributed by atoms with Crippen molar-refractivity contribution in [3.8, 4) is 5.75 Å². The molecule has 0 aliphatic carbocycles. The third-order valence-electron chi connectivity index (χ3n) is 4.61. The van der Waals surface area contributed by atoms with Gasteiger partial charge in [-0.25, -0.2) is 0 Å². The zero-order chi connectivity index (χ0) is 18.6. The van der Waals surface area contributed by atoms with Gasteiger partial charge in [0.25, 0.3) is 5.91 Å². The molecule has 0 saturated carbocycles. The van der Waals surface area contributed by atoms with E-state index >= 15 is 0 Å². The summed E-state index contributed by atoms with van der Waals surface area (Å²) in [6, 6.07) is 19.5. The van der Waals surface area contributed by atoms with Gasteiger partial charge < -0.3 is 15.0 Å². The second kappa shape index (κ2) is 7.50. The molecule has 2 aromatic carbocycles. The number of carbonyl (C=O) groups excluding carboxylic acids is 1. The Morgan fingerprint density at radius 1 is 1.15 bits per heavy atom. The predicted octanol–water partition coefficient (Wildman–Crippen LogP) is 4.43. The molecule has 27 heavy (non-hydrogen) atoms. The molecular weight excluding hydrogens is 338 g/mol. The average Bonchev–Trinajstić information content (AvgIpc) is 3.14. The number of benzene rings is 2. The molecule has 5 nitrogen and oxygen atoms in total. The van der Waals surface area contributed by atoms with E-state index in [1.165, 1.54) is 11.3 Å². The second-order valence-electron chi connectivity index (χ2n) is 6.31. The monoisotopic (exact) mass is 359 g/mol. The molecule has 2 heterocycles. The summed E-state index contributed by atoms with van der Waals surface area (Å²) in [6.07, 6.45) is 2.68. The number of para-hydroxylation sites is 3. The van der Waals surface area contributed by atoms with Crippen LogP contribution in [0.1, 0.15) is 23.0 Å². The number of pyridine rings is 1. The maximum Gasteiger partial charge on any atom is 0.274 e. The van der Waals surface area contributed by atoms with Gasteiger partial charge in [-0.15, -0.1) is 0 Å². The number of hydrogen-bond donors (Lipinski definition) is 1. The van der Waals surface area contributed by atoms with Gasteiger partial charge in [-0.1, -0.05) is 30.3 Å². The predicted molar refractivity (Wildman–Crippen MR) is 107 cm³/mol. The van der Waals surface area contributed by atoms with Crippen LogP contribution in [0.5, 0.6) is 5.75 Å². The molecule has 1 amide bonds. The highest BCUT2D eigenvalue weighted by Gasteiger charge is 2.21. The molecule has 0 atom stereocenters. The number of rotatable bonds is 5. The quantitative estimate of drug-likeness (QED) is 0.732. The molecule has 136 valence electrons. The van der Waals surface area contributed by atoms with Crippen molar-refractivity contribution >= 4 is 23.0 Å². The SMILES string of the molecule is CCOc1ccccc1NC(=O)c1cc(N2CCc3ccccc32)ccn1. The molecule has 3 aromatic rings. The summed E-state index contributed by atoms with van der Waals surface area (Å²) < 4.78 is 5.57. The maximum atomic E-state index is 12.7. The number of fused-ring (bicyclic) bond motifs is 1. The van der Waals surface area contributed by atoms with Crippen LogP contribution in [0.3, 0.4) is 0 Å². The summed E-state index contributed by atoms with van der Waals surface area (Å²) in [5, 5.41) is 2.90. The van der Waals surface area contributed by atoms with E-state index in [1.807, 2.05) is 49.4 Å². The molecular formula is C22H21N3O2. The summed E-state index contributed by atoms with van der Waals surface area (Å²) in [5.74, 6) is 0.398. The Hall–Kier alpha value is -3.34. The largest absolute Gasteiger partial charge is 0.492 e. The molecule has 1 aliphatic heterocycles. The van der Waals surface area contributed by atoms with Gasteiger partial charge in [-0.05, 0) is 49.2 Å². The van der Waals surface area contributed by atoms with Crippen LogP contribution in [-0.4, -0.2) is 24.0 Å². The molecule has 0 fully saturated rings. The summed E-state index contributed by atoms with van der Waals surface area (Å²) in [6.45, 7) is 3.35. The first-order valence-electron chi connectivity index (χ1n) is 9.11. The lowest BCUT2D eigenvalue weighted by atomic mass is 10.2. The summed E-state index contributed by atoms with van der Waals surface area (Å²) in [4.78, 5) is 19.2. The Labute approximate surface area is 158 Å². The number of aromatic nitrogens is 1. The number of ether oxygens (including phenoxy) is 1. The van der Waals surface area contributed by atoms with Crippen molar-refractivity contribution in [3.05, 3.63) is 78.1 Å². The van der Waals surface area contributed by atoms with Gasteiger partial charge in [0, 0.05) is 24.1 Å². The van der Waals surface area contributed by atoms with Gasteiger partial charge in [0.15, 0.2) is 0 Å². The molecule has 5 heteroatoms. The van der Waals surface area contributed by atoms with E-state index < -0.39 is 0 Å². The van der Waals surface area contributed by atoms with Crippen molar-refractivity contribution in [2.24, 2.45) is 0 Å². The number of carbonyl (C=O) groups is 1. The van der Waals surface area contributed by atoms with E-state index in [0.29, 0.717) is 23.7 Å². The number of anilines is 3. The highest BCUT2D eigenvalue weighted by molar-refractivity contribution is 6.04. The third kappa shape index (κ3) is 3.49. The van der Waals surface area contributed by atoms with Crippen LogP contribution in [0.25, 0.3) is 0 Å². The molecule has 0 bridgehead atoms. The molecule has 0 spiro atoms. The van der Waals surface area contributed by atoms with E-state index in [1.54, 1.807) is 6.20 Å². The number of nitrogens with zero attached hydrogens (tertiary/aromatic N) is 2. The van der Waals surface area contributed by atoms with E-state index in [0.717, 1.165) is 18.7 Å². The molecule has 0 saturated heterocycles. The fourth-order valence-electron chi connectivity index (χ4n) is 3.36. The zero-order valence-electron chi connectivity index (χ0n) is 15.2. The van der Waals surface area contributed by atoms with Gasteiger partial charge in [-0.2, -0.15) is 0 Å². The van der Waals surface area contributed by atoms with Crippen molar-refractivity contribution in [2.75, 3.05) is 23.4 Å². The molecule has 1 N–H and O–H groups in total. The zero-order valence-corrected chi connectivity index (χ0v) is 15.2. The summed E-state index contributed by atoms with van der Waals surface area (Å²) in [5.41, 5.74) is 4.51. The fraction of sp³-hybridized carbons (Fsp3) is 0.182. The van der Waals surface area contributed by atoms with Crippen LogP contribution in [0.2, 0.25) is 0 Å². The minimum absolute atomic E-state index is 0.253. The lowest BCUT2D eigenvalue weighted by Crippen LogP contribution is -2.17. The van der Waals surface area contributed by atoms with Gasteiger partial charge in [0.1, 0.15) is 11.4 Å². The van der Waals surface area contributed by atoms with Crippen molar-refractivity contribution in [3.63, 3.8) is 0 Å². The Bertz CT molecular complexity index is 971. The van der Waals surface area contributed by atoms with Crippen LogP contribution >= 0.6 is 0 Å². The standard InChI is InChI=1S/C22H21N3O2/c1-2-27-21-10-6-4-8-18(21)24-22(26)19-15-17(11-13-23-19)25-14-12-16-7-3-5-9-20(16)25/h3-11,13,15H,2,12,14H2,1H3,(H,24,26). The van der Waals surface area contributed by atoms with Crippen molar-refractivity contribution in [1.29, 1.82) is 0 Å². The van der Waals surface area contributed by atoms with Crippen LogP contribution in [0.4, 0.5) is 17.1 Å². The Balaban J connectivity index is 1.57. The number of nitrogens with one attached hydrogen (secondary N) is 1. The lowest BCUT2D eigenvalue weighted by molar-refractivity contribution is 0.102. The van der Waals surface area contributed by atoms with Crippen LogP contribution < -0.4 is 15.0 Å². The fourth-order valence-corrected chi connectivity index (χ4v) is 3.36. The first kappa shape index (κ1) is 17.1. The highest BCUT2D eigenvalue weighted by Crippen LogP contribution is 2.34. The van der Waals surface area contributed by atoms with Crippen LogP contribution in [0, 0.1) is 0 Å². The Kier molecular flexibility index (Phi) is 4.75. The Morgan fingerprint density at radius 3 is 2.85 bits per heavy atom. The van der Waals surface area contributed by atoms with Crippen LogP contribution in [-0.2, 0) is 6.42 Å². The minimum Gasteiger partial charge on any atom is -0.492 e. The van der Waals surface area contributed by atoms with Gasteiger partial charge in [0.2, 0.25) is 0 Å². The van der Waals surface area contributed by atoms with E-state index in [9.17, 15) is 4.79 Å². The second-order valence-corrected chi connectivity index (χ2v) is 6.31.